The number of hydrogen-bond donors (Lipinski definition) is 1. The molecule has 3 heteroatoms. The molecule has 0 radical (unpaired) electrons. The van der Waals surface area contributed by atoms with Crippen molar-refractivity contribution in [1.82, 2.24) is 0 Å². The van der Waals surface area contributed by atoms with Gasteiger partial charge in [-0.15, -0.1) is 0 Å². The fraction of sp³-hybridized carbons (Fsp3) is 0.294. The monoisotopic (exact) mass is 287 g/mol. The van der Waals surface area contributed by atoms with E-state index in [0.29, 0.717) is 0 Å². The largest absolute Gasteiger partial charge is 0.493 e. The van der Waals surface area contributed by atoms with E-state index in [1.54, 1.807) is 0 Å². The SMILES string of the molecule is Cc1cccc2c1OCCCC2Nc1ccccc1Cl. The second-order valence-electron chi connectivity index (χ2n) is 5.16. The summed E-state index contributed by atoms with van der Waals surface area (Å²) in [6.07, 6.45) is 2.08. The summed E-state index contributed by atoms with van der Waals surface area (Å²) in [5.74, 6) is 1.02. The van der Waals surface area contributed by atoms with Crippen LogP contribution in [0.1, 0.15) is 30.0 Å². The molecule has 2 aromatic rings. The highest BCUT2D eigenvalue weighted by Crippen LogP contribution is 2.37. The number of para-hydroxylation sites is 2. The minimum atomic E-state index is 0.243. The number of aryl methyl sites for hydroxylation is 1. The van der Waals surface area contributed by atoms with Gasteiger partial charge < -0.3 is 10.1 Å². The lowest BCUT2D eigenvalue weighted by molar-refractivity contribution is 0.314. The number of rotatable bonds is 2. The van der Waals surface area contributed by atoms with Crippen LogP contribution in [0.4, 0.5) is 5.69 Å². The molecule has 2 aromatic carbocycles. The number of fused-ring (bicyclic) bond motifs is 1. The number of ether oxygens (including phenoxy) is 1. The quantitative estimate of drug-likeness (QED) is 0.841. The van der Waals surface area contributed by atoms with Crippen LogP contribution in [0.15, 0.2) is 42.5 Å². The van der Waals surface area contributed by atoms with Crippen LogP contribution >= 0.6 is 11.6 Å². The fourth-order valence-electron chi connectivity index (χ4n) is 2.68. The molecule has 0 spiro atoms. The first kappa shape index (κ1) is 13.3. The van der Waals surface area contributed by atoms with Gasteiger partial charge in [-0.05, 0) is 37.5 Å². The Balaban J connectivity index is 1.95. The number of nitrogens with one attached hydrogen (secondary N) is 1. The van der Waals surface area contributed by atoms with Crippen molar-refractivity contribution >= 4 is 17.3 Å². The Labute approximate surface area is 124 Å². The van der Waals surface area contributed by atoms with Crippen LogP contribution in [-0.2, 0) is 0 Å². The van der Waals surface area contributed by atoms with E-state index >= 15 is 0 Å². The predicted octanol–water partition coefficient (Wildman–Crippen LogP) is 4.97. The number of hydrogen-bond acceptors (Lipinski definition) is 2. The molecule has 20 heavy (non-hydrogen) atoms. The Morgan fingerprint density at radius 2 is 2.00 bits per heavy atom. The highest BCUT2D eigenvalue weighted by Gasteiger charge is 2.21. The molecule has 2 nitrogen and oxygen atoms in total. The van der Waals surface area contributed by atoms with E-state index in [9.17, 15) is 0 Å². The molecule has 104 valence electrons. The van der Waals surface area contributed by atoms with Crippen molar-refractivity contribution in [1.29, 1.82) is 0 Å². The van der Waals surface area contributed by atoms with Crippen molar-refractivity contribution in [2.45, 2.75) is 25.8 Å². The van der Waals surface area contributed by atoms with Gasteiger partial charge in [0.25, 0.3) is 0 Å². The molecule has 0 fully saturated rings. The maximum Gasteiger partial charge on any atom is 0.127 e. The first-order valence-corrected chi connectivity index (χ1v) is 7.37. The zero-order valence-corrected chi connectivity index (χ0v) is 12.3. The highest BCUT2D eigenvalue weighted by atomic mass is 35.5. The van der Waals surface area contributed by atoms with E-state index in [2.05, 4.69) is 30.4 Å². The Kier molecular flexibility index (Phi) is 3.83. The molecule has 1 heterocycles. The number of benzene rings is 2. The molecule has 1 aliphatic rings. The van der Waals surface area contributed by atoms with Crippen LogP contribution in [0.5, 0.6) is 5.75 Å². The van der Waals surface area contributed by atoms with Gasteiger partial charge in [0.2, 0.25) is 0 Å². The summed E-state index contributed by atoms with van der Waals surface area (Å²) < 4.78 is 5.90. The van der Waals surface area contributed by atoms with Gasteiger partial charge in [0.1, 0.15) is 5.75 Å². The van der Waals surface area contributed by atoms with Crippen LogP contribution in [0.2, 0.25) is 5.02 Å². The molecular weight excluding hydrogens is 270 g/mol. The molecule has 0 bridgehead atoms. The van der Waals surface area contributed by atoms with Crippen LogP contribution < -0.4 is 10.1 Å². The summed E-state index contributed by atoms with van der Waals surface area (Å²) in [5.41, 5.74) is 3.39. The van der Waals surface area contributed by atoms with E-state index in [1.165, 1.54) is 11.1 Å². The van der Waals surface area contributed by atoms with Gasteiger partial charge in [-0.25, -0.2) is 0 Å². The van der Waals surface area contributed by atoms with Gasteiger partial charge in [-0.1, -0.05) is 41.9 Å². The summed E-state index contributed by atoms with van der Waals surface area (Å²) in [4.78, 5) is 0. The second kappa shape index (κ2) is 5.76. The number of anilines is 1. The Bertz CT molecular complexity index is 612. The highest BCUT2D eigenvalue weighted by molar-refractivity contribution is 6.33. The van der Waals surface area contributed by atoms with E-state index in [1.807, 2.05) is 24.3 Å². The van der Waals surface area contributed by atoms with Crippen molar-refractivity contribution < 1.29 is 4.74 Å². The maximum atomic E-state index is 6.25. The fourth-order valence-corrected chi connectivity index (χ4v) is 2.87. The van der Waals surface area contributed by atoms with Crippen LogP contribution in [-0.4, -0.2) is 6.61 Å². The summed E-state index contributed by atoms with van der Waals surface area (Å²) in [7, 11) is 0. The van der Waals surface area contributed by atoms with Gasteiger partial charge in [0.15, 0.2) is 0 Å². The average Bonchev–Trinajstić information content (AvgIpc) is 2.65. The van der Waals surface area contributed by atoms with E-state index < -0.39 is 0 Å². The lowest BCUT2D eigenvalue weighted by atomic mass is 9.99. The zero-order chi connectivity index (χ0) is 13.9. The van der Waals surface area contributed by atoms with Gasteiger partial charge >= 0.3 is 0 Å². The summed E-state index contributed by atoms with van der Waals surface area (Å²) in [6, 6.07) is 14.4. The molecule has 0 amide bonds. The first-order valence-electron chi connectivity index (χ1n) is 6.99. The molecule has 1 atom stereocenters. The smallest absolute Gasteiger partial charge is 0.127 e. The average molecular weight is 288 g/mol. The Morgan fingerprint density at radius 3 is 2.85 bits per heavy atom. The maximum absolute atomic E-state index is 6.25. The van der Waals surface area contributed by atoms with E-state index in [-0.39, 0.29) is 6.04 Å². The van der Waals surface area contributed by atoms with E-state index in [0.717, 1.165) is 35.9 Å². The van der Waals surface area contributed by atoms with Crippen molar-refractivity contribution in [3.05, 3.63) is 58.6 Å². The van der Waals surface area contributed by atoms with Crippen molar-refractivity contribution in [2.24, 2.45) is 0 Å². The normalized spacial score (nSPS) is 17.8. The Hall–Kier alpha value is -1.67. The molecule has 1 aliphatic heterocycles. The van der Waals surface area contributed by atoms with E-state index in [4.69, 9.17) is 16.3 Å². The topological polar surface area (TPSA) is 21.3 Å². The van der Waals surface area contributed by atoms with Crippen molar-refractivity contribution in [3.8, 4) is 5.75 Å². The zero-order valence-electron chi connectivity index (χ0n) is 11.5. The molecule has 1 unspecified atom stereocenters. The van der Waals surface area contributed by atoms with Crippen molar-refractivity contribution in [2.75, 3.05) is 11.9 Å². The van der Waals surface area contributed by atoms with Crippen LogP contribution in [0, 0.1) is 6.92 Å². The minimum Gasteiger partial charge on any atom is -0.493 e. The second-order valence-corrected chi connectivity index (χ2v) is 5.57. The number of halogens is 1. The molecule has 1 N–H and O–H groups in total. The summed E-state index contributed by atoms with van der Waals surface area (Å²) in [6.45, 7) is 2.87. The lowest BCUT2D eigenvalue weighted by Gasteiger charge is -2.21. The van der Waals surface area contributed by atoms with Gasteiger partial charge in [-0.3, -0.25) is 0 Å². The van der Waals surface area contributed by atoms with Gasteiger partial charge in [0.05, 0.1) is 23.4 Å². The first-order chi connectivity index (χ1) is 9.75. The van der Waals surface area contributed by atoms with Gasteiger partial charge in [-0.2, -0.15) is 0 Å². The van der Waals surface area contributed by atoms with Crippen molar-refractivity contribution in [3.63, 3.8) is 0 Å². The molecule has 0 saturated heterocycles. The third kappa shape index (κ3) is 2.61. The molecule has 3 rings (SSSR count). The molecule has 0 saturated carbocycles. The van der Waals surface area contributed by atoms with Gasteiger partial charge in [0, 0.05) is 5.56 Å². The lowest BCUT2D eigenvalue weighted by Crippen LogP contribution is -2.10. The summed E-state index contributed by atoms with van der Waals surface area (Å²) in [5, 5.41) is 4.32. The van der Waals surface area contributed by atoms with Crippen LogP contribution in [0.3, 0.4) is 0 Å². The third-order valence-corrected chi connectivity index (χ3v) is 4.03. The minimum absolute atomic E-state index is 0.243. The summed E-state index contributed by atoms with van der Waals surface area (Å²) >= 11 is 6.25. The molecule has 0 aromatic heterocycles. The Morgan fingerprint density at radius 1 is 1.15 bits per heavy atom. The molecular formula is C17H18ClNO. The predicted molar refractivity (Wildman–Crippen MR) is 83.7 cm³/mol. The molecule has 0 aliphatic carbocycles. The standard InChI is InChI=1S/C17H18ClNO/c1-12-6-4-7-13-15(10-5-11-20-17(12)13)19-16-9-3-2-8-14(16)18/h2-4,6-9,15,19H,5,10-11H2,1H3. The third-order valence-electron chi connectivity index (χ3n) is 3.70. The van der Waals surface area contributed by atoms with Crippen LogP contribution in [0.25, 0.3) is 0 Å².